The molecule has 8 heteroatoms. The van der Waals surface area contributed by atoms with Crippen LogP contribution in [0.15, 0.2) is 29.1 Å². The highest BCUT2D eigenvalue weighted by Gasteiger charge is 2.21. The average Bonchev–Trinajstić information content (AvgIpc) is 3.04. The Kier molecular flexibility index (Phi) is 6.66. The summed E-state index contributed by atoms with van der Waals surface area (Å²) >= 11 is 1.19. The van der Waals surface area contributed by atoms with Crippen molar-refractivity contribution in [2.75, 3.05) is 31.8 Å². The van der Waals surface area contributed by atoms with Crippen LogP contribution in [0.2, 0.25) is 0 Å². The molecule has 0 amide bonds. The quantitative estimate of drug-likeness (QED) is 0.448. The van der Waals surface area contributed by atoms with Gasteiger partial charge in [0.15, 0.2) is 0 Å². The minimum Gasteiger partial charge on any atom is -0.459 e. The molecule has 0 aliphatic carbocycles. The van der Waals surface area contributed by atoms with Gasteiger partial charge in [0.05, 0.1) is 18.5 Å². The first-order valence-electron chi connectivity index (χ1n) is 9.45. The van der Waals surface area contributed by atoms with Crippen molar-refractivity contribution in [1.29, 1.82) is 0 Å². The topological polar surface area (TPSA) is 84.5 Å². The molecule has 0 bridgehead atoms. The number of nitrogens with zero attached hydrogens (tertiary/aromatic N) is 2. The molecule has 154 valence electrons. The number of hydrogen-bond donors (Lipinski definition) is 1. The molecular weight excluding hydrogens is 390 g/mol. The third-order valence-electron chi connectivity index (χ3n) is 4.73. The van der Waals surface area contributed by atoms with Gasteiger partial charge < -0.3 is 19.4 Å². The highest BCUT2D eigenvalue weighted by atomic mass is 32.1. The molecule has 0 unspecified atom stereocenters. The largest absolute Gasteiger partial charge is 0.459 e. The van der Waals surface area contributed by atoms with Crippen LogP contribution in [-0.2, 0) is 16.0 Å². The number of ether oxygens (including phenoxy) is 2. The van der Waals surface area contributed by atoms with Crippen molar-refractivity contribution in [3.05, 3.63) is 56.4 Å². The second kappa shape index (κ2) is 9.19. The number of hydrogen-bond acceptors (Lipinski definition) is 7. The van der Waals surface area contributed by atoms with Gasteiger partial charge in [-0.1, -0.05) is 18.2 Å². The lowest BCUT2D eigenvalue weighted by Gasteiger charge is -2.24. The highest BCUT2D eigenvalue weighted by molar-refractivity contribution is 7.20. The first-order valence-corrected chi connectivity index (χ1v) is 10.3. The number of carbonyl (C=O) groups excluding carboxylic acids is 1. The fraction of sp³-hybridized carbons (Fsp3) is 0.381. The molecule has 7 nitrogen and oxygen atoms in total. The van der Waals surface area contributed by atoms with E-state index in [-0.39, 0.29) is 12.2 Å². The monoisotopic (exact) mass is 415 g/mol. The lowest BCUT2D eigenvalue weighted by Crippen LogP contribution is -2.25. The molecule has 0 saturated heterocycles. The van der Waals surface area contributed by atoms with E-state index in [4.69, 9.17) is 9.47 Å². The number of rotatable bonds is 8. The van der Waals surface area contributed by atoms with E-state index in [0.29, 0.717) is 39.6 Å². The number of benzene rings is 1. The summed E-state index contributed by atoms with van der Waals surface area (Å²) in [6, 6.07) is 8.11. The van der Waals surface area contributed by atoms with E-state index in [1.54, 1.807) is 14.0 Å². The van der Waals surface area contributed by atoms with Crippen molar-refractivity contribution in [3.8, 4) is 0 Å². The number of methoxy groups -OCH3 is 1. The molecule has 2 heterocycles. The van der Waals surface area contributed by atoms with Gasteiger partial charge in [-0.25, -0.2) is 9.78 Å². The predicted octanol–water partition coefficient (Wildman–Crippen LogP) is 3.43. The Bertz CT molecular complexity index is 1070. The zero-order valence-corrected chi connectivity index (χ0v) is 17.9. The molecule has 0 saturated carbocycles. The number of aromatic amines is 1. The normalized spacial score (nSPS) is 11.0. The number of anilines is 1. The minimum absolute atomic E-state index is 0.167. The Morgan fingerprint density at radius 1 is 1.24 bits per heavy atom. The predicted molar refractivity (Wildman–Crippen MR) is 115 cm³/mol. The number of aryl methyl sites for hydroxylation is 2. The maximum atomic E-state index is 12.7. The van der Waals surface area contributed by atoms with Crippen LogP contribution >= 0.6 is 11.3 Å². The summed E-state index contributed by atoms with van der Waals surface area (Å²) in [5, 5.41) is 0.441. The zero-order chi connectivity index (χ0) is 21.0. The number of carbonyl (C=O) groups is 1. The van der Waals surface area contributed by atoms with E-state index in [0.717, 1.165) is 17.8 Å². The van der Waals surface area contributed by atoms with Gasteiger partial charge in [-0.05, 0) is 38.0 Å². The van der Waals surface area contributed by atoms with Gasteiger partial charge in [0.2, 0.25) is 0 Å². The number of para-hydroxylation sites is 1. The average molecular weight is 416 g/mol. The van der Waals surface area contributed by atoms with Gasteiger partial charge in [-0.2, -0.15) is 0 Å². The Morgan fingerprint density at radius 3 is 2.69 bits per heavy atom. The van der Waals surface area contributed by atoms with E-state index in [9.17, 15) is 9.59 Å². The van der Waals surface area contributed by atoms with Crippen LogP contribution in [0.25, 0.3) is 10.2 Å². The fourth-order valence-electron chi connectivity index (χ4n) is 3.21. The Morgan fingerprint density at radius 2 is 2.00 bits per heavy atom. The van der Waals surface area contributed by atoms with Crippen LogP contribution in [0.5, 0.6) is 0 Å². The highest BCUT2D eigenvalue weighted by Crippen LogP contribution is 2.28. The van der Waals surface area contributed by atoms with E-state index < -0.39 is 5.97 Å². The molecule has 3 rings (SSSR count). The first-order chi connectivity index (χ1) is 14.0. The van der Waals surface area contributed by atoms with Gasteiger partial charge in [-0.3, -0.25) is 4.79 Å². The van der Waals surface area contributed by atoms with Crippen LogP contribution < -0.4 is 10.5 Å². The number of fused-ring (bicyclic) bond motifs is 1. The van der Waals surface area contributed by atoms with E-state index in [2.05, 4.69) is 40.8 Å². The Balaban J connectivity index is 1.92. The van der Waals surface area contributed by atoms with Gasteiger partial charge in [-0.15, -0.1) is 11.3 Å². The summed E-state index contributed by atoms with van der Waals surface area (Å²) in [5.41, 5.74) is 2.61. The summed E-state index contributed by atoms with van der Waals surface area (Å²) in [4.78, 5) is 35.6. The summed E-state index contributed by atoms with van der Waals surface area (Å²) in [7, 11) is 1.54. The van der Waals surface area contributed by atoms with Crippen LogP contribution in [0.4, 0.5) is 5.69 Å². The molecule has 2 aromatic heterocycles. The van der Waals surface area contributed by atoms with Crippen molar-refractivity contribution in [2.45, 2.75) is 27.3 Å². The van der Waals surface area contributed by atoms with E-state index in [1.807, 2.05) is 12.1 Å². The maximum Gasteiger partial charge on any atom is 0.348 e. The lowest BCUT2D eigenvalue weighted by molar-refractivity contribution is 0.0393. The van der Waals surface area contributed by atoms with E-state index >= 15 is 0 Å². The molecule has 0 radical (unpaired) electrons. The van der Waals surface area contributed by atoms with Gasteiger partial charge >= 0.3 is 5.97 Å². The zero-order valence-electron chi connectivity index (χ0n) is 17.1. The molecule has 1 N–H and O–H groups in total. The lowest BCUT2D eigenvalue weighted by atomic mass is 10.2. The van der Waals surface area contributed by atoms with Crippen LogP contribution in [-0.4, -0.2) is 42.8 Å². The van der Waals surface area contributed by atoms with Crippen LogP contribution in [0.3, 0.4) is 0 Å². The van der Waals surface area contributed by atoms with Crippen molar-refractivity contribution < 1.29 is 14.3 Å². The number of esters is 1. The molecule has 0 spiro atoms. The summed E-state index contributed by atoms with van der Waals surface area (Å²) in [6.07, 6.45) is 0. The third kappa shape index (κ3) is 4.49. The van der Waals surface area contributed by atoms with E-state index in [1.165, 1.54) is 11.3 Å². The Hall–Kier alpha value is -2.71. The number of H-pyrrole nitrogens is 1. The number of aromatic nitrogens is 2. The summed E-state index contributed by atoms with van der Waals surface area (Å²) in [6.45, 7) is 7.59. The molecular formula is C21H25N3O4S. The molecule has 29 heavy (non-hydrogen) atoms. The van der Waals surface area contributed by atoms with Gasteiger partial charge in [0.25, 0.3) is 5.56 Å². The van der Waals surface area contributed by atoms with Crippen LogP contribution in [0, 0.1) is 13.8 Å². The second-order valence-electron chi connectivity index (χ2n) is 6.68. The van der Waals surface area contributed by atoms with Gasteiger partial charge in [0, 0.05) is 19.3 Å². The van der Waals surface area contributed by atoms with Crippen molar-refractivity contribution in [2.24, 2.45) is 0 Å². The third-order valence-corrected chi connectivity index (χ3v) is 5.90. The number of thiophene rings is 1. The smallest absolute Gasteiger partial charge is 0.348 e. The summed E-state index contributed by atoms with van der Waals surface area (Å²) in [5.74, 6) is 0.103. The fourth-order valence-corrected chi connectivity index (χ4v) is 4.30. The molecule has 0 fully saturated rings. The Labute approximate surface area is 173 Å². The van der Waals surface area contributed by atoms with Crippen molar-refractivity contribution in [3.63, 3.8) is 0 Å². The molecule has 1 aromatic carbocycles. The van der Waals surface area contributed by atoms with Crippen molar-refractivity contribution in [1.82, 2.24) is 9.97 Å². The maximum absolute atomic E-state index is 12.7. The first kappa shape index (κ1) is 21.0. The molecule has 3 aromatic rings. The summed E-state index contributed by atoms with van der Waals surface area (Å²) < 4.78 is 10.1. The molecule has 0 aliphatic heterocycles. The number of nitrogens with one attached hydrogen (secondary N) is 1. The standard InChI is InChI=1S/C21H25N3O4S/c1-5-24(15-9-7-6-8-13(15)2)12-16-22-19(25)17-14(3)18(29-20(17)23-16)21(26)28-11-10-27-4/h6-9H,5,10-12H2,1-4H3,(H,22,23,25). The minimum atomic E-state index is -0.460. The van der Waals surface area contributed by atoms with Crippen molar-refractivity contribution >= 4 is 33.2 Å². The van der Waals surface area contributed by atoms with Crippen LogP contribution in [0.1, 0.15) is 33.5 Å². The SMILES string of the molecule is CCN(Cc1nc2sc(C(=O)OCCOC)c(C)c2c(=O)[nH]1)c1ccccc1C. The van der Waals surface area contributed by atoms with Gasteiger partial charge in [0.1, 0.15) is 22.1 Å². The molecule has 0 atom stereocenters. The molecule has 0 aliphatic rings. The second-order valence-corrected chi connectivity index (χ2v) is 7.68.